The average molecular weight is 406 g/mol. The van der Waals surface area contributed by atoms with Crippen LogP contribution in [0.15, 0.2) is 59.4 Å². The van der Waals surface area contributed by atoms with Gasteiger partial charge in [0.25, 0.3) is 5.91 Å². The highest BCUT2D eigenvalue weighted by atomic mass is 19.4. The number of carbonyl (C=O) groups excluding carboxylic acids is 1. The summed E-state index contributed by atoms with van der Waals surface area (Å²) in [4.78, 5) is 24.3. The summed E-state index contributed by atoms with van der Waals surface area (Å²) in [6.45, 7) is -0.303. The molecule has 2 aromatic carbocycles. The quantitative estimate of drug-likeness (QED) is 0.683. The zero-order valence-corrected chi connectivity index (χ0v) is 15.3. The Hall–Kier alpha value is -3.56. The number of nitrogens with one attached hydrogen (secondary N) is 1. The summed E-state index contributed by atoms with van der Waals surface area (Å²) in [5.74, 6) is -0.912. The minimum Gasteiger partial charge on any atom is -0.457 e. The van der Waals surface area contributed by atoms with Gasteiger partial charge in [-0.15, -0.1) is 5.10 Å². The van der Waals surface area contributed by atoms with E-state index in [1.165, 1.54) is 0 Å². The second-order valence-electron chi connectivity index (χ2n) is 6.05. The Labute approximate surface area is 163 Å². The summed E-state index contributed by atoms with van der Waals surface area (Å²) in [5, 5.41) is 5.85. The van der Waals surface area contributed by atoms with Crippen LogP contribution in [-0.4, -0.2) is 26.8 Å². The number of amides is 1. The molecule has 0 fully saturated rings. The van der Waals surface area contributed by atoms with Crippen molar-refractivity contribution in [1.82, 2.24) is 19.7 Å². The lowest BCUT2D eigenvalue weighted by Gasteiger charge is -2.11. The first-order chi connectivity index (χ1) is 13.8. The molecule has 29 heavy (non-hydrogen) atoms. The lowest BCUT2D eigenvalue weighted by atomic mass is 10.2. The monoisotopic (exact) mass is 406 g/mol. The number of rotatable bonds is 6. The molecule has 152 valence electrons. The Morgan fingerprint density at radius 3 is 2.41 bits per heavy atom. The van der Waals surface area contributed by atoms with E-state index in [-0.39, 0.29) is 18.7 Å². The van der Waals surface area contributed by atoms with Crippen LogP contribution in [0.2, 0.25) is 0 Å². The summed E-state index contributed by atoms with van der Waals surface area (Å²) < 4.78 is 45.3. The van der Waals surface area contributed by atoms with E-state index >= 15 is 0 Å². The number of halogens is 3. The van der Waals surface area contributed by atoms with Crippen molar-refractivity contribution >= 4 is 5.91 Å². The highest BCUT2D eigenvalue weighted by molar-refractivity contribution is 5.96. The third-order valence-corrected chi connectivity index (χ3v) is 4.01. The first kappa shape index (κ1) is 20.2. The van der Waals surface area contributed by atoms with Crippen LogP contribution in [0.25, 0.3) is 0 Å². The van der Waals surface area contributed by atoms with E-state index in [4.69, 9.17) is 4.74 Å². The summed E-state index contributed by atoms with van der Waals surface area (Å²) >= 11 is 0. The molecule has 0 unspecified atom stereocenters. The summed E-state index contributed by atoms with van der Waals surface area (Å²) in [6.07, 6.45) is -4.74. The van der Waals surface area contributed by atoms with Gasteiger partial charge in [0, 0.05) is 13.6 Å². The van der Waals surface area contributed by atoms with E-state index in [9.17, 15) is 22.8 Å². The fourth-order valence-corrected chi connectivity index (χ4v) is 2.61. The molecule has 1 amide bonds. The highest BCUT2D eigenvalue weighted by Crippen LogP contribution is 2.26. The SMILES string of the molecule is Cn1c(C(F)(F)F)nn(CCNC(=O)c2ccccc2Oc2ccccc2)c1=O. The number of alkyl halides is 3. The highest BCUT2D eigenvalue weighted by Gasteiger charge is 2.37. The Bertz CT molecular complexity index is 1060. The predicted molar refractivity (Wildman–Crippen MR) is 97.8 cm³/mol. The second kappa shape index (κ2) is 8.21. The Balaban J connectivity index is 1.67. The molecule has 0 aliphatic rings. The van der Waals surface area contributed by atoms with Gasteiger partial charge in [-0.3, -0.25) is 9.36 Å². The van der Waals surface area contributed by atoms with Crippen LogP contribution in [0.4, 0.5) is 13.2 Å². The van der Waals surface area contributed by atoms with Gasteiger partial charge in [0.15, 0.2) is 0 Å². The van der Waals surface area contributed by atoms with Crippen molar-refractivity contribution in [2.24, 2.45) is 7.05 Å². The molecular weight excluding hydrogens is 389 g/mol. The standard InChI is InChI=1S/C19H17F3N4O3/c1-25-17(19(20,21)22)24-26(18(25)28)12-11-23-16(27)14-9-5-6-10-15(14)29-13-7-3-2-4-8-13/h2-10H,11-12H2,1H3,(H,23,27). The van der Waals surface area contributed by atoms with Gasteiger partial charge in [-0.25, -0.2) is 9.48 Å². The van der Waals surface area contributed by atoms with Crippen molar-refractivity contribution in [3.63, 3.8) is 0 Å². The van der Waals surface area contributed by atoms with Crippen molar-refractivity contribution in [2.45, 2.75) is 12.7 Å². The molecule has 3 rings (SSSR count). The largest absolute Gasteiger partial charge is 0.457 e. The van der Waals surface area contributed by atoms with Crippen molar-refractivity contribution in [2.75, 3.05) is 6.54 Å². The van der Waals surface area contributed by atoms with Crippen LogP contribution in [0, 0.1) is 0 Å². The second-order valence-corrected chi connectivity index (χ2v) is 6.05. The minimum atomic E-state index is -4.74. The summed E-state index contributed by atoms with van der Waals surface area (Å²) in [7, 11) is 0.990. The lowest BCUT2D eigenvalue weighted by Crippen LogP contribution is -2.32. The van der Waals surface area contributed by atoms with Crippen molar-refractivity contribution in [3.8, 4) is 11.5 Å². The van der Waals surface area contributed by atoms with Gasteiger partial charge in [-0.1, -0.05) is 30.3 Å². The Morgan fingerprint density at radius 1 is 1.10 bits per heavy atom. The molecule has 1 N–H and O–H groups in total. The molecule has 0 aliphatic heterocycles. The molecule has 3 aromatic rings. The van der Waals surface area contributed by atoms with E-state index in [1.54, 1.807) is 48.5 Å². The van der Waals surface area contributed by atoms with E-state index in [0.717, 1.165) is 7.05 Å². The predicted octanol–water partition coefficient (Wildman–Crippen LogP) is 2.82. The number of aromatic nitrogens is 3. The maximum Gasteiger partial charge on any atom is 0.451 e. The van der Waals surface area contributed by atoms with E-state index in [0.29, 0.717) is 20.7 Å². The van der Waals surface area contributed by atoms with Crippen LogP contribution in [0.3, 0.4) is 0 Å². The number of carbonyl (C=O) groups is 1. The molecule has 0 aliphatic carbocycles. The van der Waals surface area contributed by atoms with Gasteiger partial charge in [0.2, 0.25) is 5.82 Å². The molecule has 0 radical (unpaired) electrons. The third-order valence-electron chi connectivity index (χ3n) is 4.01. The molecule has 7 nitrogen and oxygen atoms in total. The van der Waals surface area contributed by atoms with Crippen LogP contribution < -0.4 is 15.7 Å². The molecular formula is C19H17F3N4O3. The third kappa shape index (κ3) is 4.65. The van der Waals surface area contributed by atoms with Crippen molar-refractivity contribution in [3.05, 3.63) is 76.5 Å². The van der Waals surface area contributed by atoms with Gasteiger partial charge in [-0.05, 0) is 24.3 Å². The lowest BCUT2D eigenvalue weighted by molar-refractivity contribution is -0.147. The van der Waals surface area contributed by atoms with Crippen LogP contribution in [0.5, 0.6) is 11.5 Å². The summed E-state index contributed by atoms with van der Waals surface area (Å²) in [5.41, 5.74) is -0.667. The molecule has 1 heterocycles. The zero-order valence-electron chi connectivity index (χ0n) is 15.3. The van der Waals surface area contributed by atoms with E-state index in [1.807, 2.05) is 6.07 Å². The first-order valence-corrected chi connectivity index (χ1v) is 8.58. The van der Waals surface area contributed by atoms with Gasteiger partial charge < -0.3 is 10.1 Å². The van der Waals surface area contributed by atoms with Gasteiger partial charge in [0.1, 0.15) is 11.5 Å². The van der Waals surface area contributed by atoms with Gasteiger partial charge in [0.05, 0.1) is 12.1 Å². The zero-order chi connectivity index (χ0) is 21.0. The van der Waals surface area contributed by atoms with E-state index in [2.05, 4.69) is 10.4 Å². The number of ether oxygens (including phenoxy) is 1. The van der Waals surface area contributed by atoms with E-state index < -0.39 is 23.6 Å². The van der Waals surface area contributed by atoms with Crippen LogP contribution in [0.1, 0.15) is 16.2 Å². The van der Waals surface area contributed by atoms with Crippen molar-refractivity contribution in [1.29, 1.82) is 0 Å². The molecule has 0 saturated carbocycles. The van der Waals surface area contributed by atoms with Crippen LogP contribution in [-0.2, 0) is 19.8 Å². The average Bonchev–Trinajstić information content (AvgIpc) is 2.98. The van der Waals surface area contributed by atoms with Crippen molar-refractivity contribution < 1.29 is 22.7 Å². The molecule has 0 atom stereocenters. The molecule has 0 spiro atoms. The fourth-order valence-electron chi connectivity index (χ4n) is 2.61. The fraction of sp³-hybridized carbons (Fsp3) is 0.211. The Kier molecular flexibility index (Phi) is 5.71. The first-order valence-electron chi connectivity index (χ1n) is 8.58. The van der Waals surface area contributed by atoms with Crippen LogP contribution >= 0.6 is 0 Å². The smallest absolute Gasteiger partial charge is 0.451 e. The topological polar surface area (TPSA) is 78.2 Å². The maximum atomic E-state index is 12.8. The molecule has 0 saturated heterocycles. The van der Waals surface area contributed by atoms with Gasteiger partial charge in [-0.2, -0.15) is 13.2 Å². The number of nitrogens with zero attached hydrogens (tertiary/aromatic N) is 3. The molecule has 10 heteroatoms. The number of hydrogen-bond acceptors (Lipinski definition) is 4. The molecule has 0 bridgehead atoms. The van der Waals surface area contributed by atoms with Gasteiger partial charge >= 0.3 is 11.9 Å². The molecule has 1 aromatic heterocycles. The minimum absolute atomic E-state index is 0.0906. The Morgan fingerprint density at radius 2 is 1.76 bits per heavy atom. The number of benzene rings is 2. The normalized spacial score (nSPS) is 11.3. The summed E-state index contributed by atoms with van der Waals surface area (Å²) in [6, 6.07) is 15.4. The number of hydrogen-bond donors (Lipinski definition) is 1. The maximum absolute atomic E-state index is 12.8. The number of para-hydroxylation sites is 2.